The van der Waals surface area contributed by atoms with E-state index in [-0.39, 0.29) is 0 Å². The second kappa shape index (κ2) is 7.06. The molecule has 0 aliphatic carbocycles. The normalized spacial score (nSPS) is 18.3. The third-order valence-corrected chi connectivity index (χ3v) is 4.69. The lowest BCUT2D eigenvalue weighted by atomic mass is 10.1. The first-order chi connectivity index (χ1) is 12.3. The van der Waals surface area contributed by atoms with E-state index in [1.807, 2.05) is 30.6 Å². The predicted octanol–water partition coefficient (Wildman–Crippen LogP) is 2.67. The Morgan fingerprint density at radius 3 is 3.16 bits per heavy atom. The van der Waals surface area contributed by atoms with E-state index in [1.54, 1.807) is 0 Å². The lowest BCUT2D eigenvalue weighted by Gasteiger charge is -2.20. The molecule has 0 bridgehead atoms. The van der Waals surface area contributed by atoms with Crippen LogP contribution in [0.5, 0.6) is 0 Å². The molecule has 3 N–H and O–H groups in total. The molecule has 3 aromatic rings. The maximum Gasteiger partial charge on any atom is 0.227 e. The number of anilines is 3. The van der Waals surface area contributed by atoms with Crippen molar-refractivity contribution in [1.29, 1.82) is 0 Å². The molecule has 1 saturated heterocycles. The van der Waals surface area contributed by atoms with E-state index in [9.17, 15) is 0 Å². The highest BCUT2D eigenvalue weighted by Crippen LogP contribution is 2.21. The Balaban J connectivity index is 1.50. The number of aromatic nitrogens is 4. The molecule has 0 spiro atoms. The van der Waals surface area contributed by atoms with E-state index in [4.69, 9.17) is 4.98 Å². The molecule has 1 aliphatic heterocycles. The average molecular weight is 337 g/mol. The Hall–Kier alpha value is -2.67. The van der Waals surface area contributed by atoms with E-state index < -0.39 is 0 Å². The van der Waals surface area contributed by atoms with Gasteiger partial charge in [-0.2, -0.15) is 10.1 Å². The molecule has 0 radical (unpaired) electrons. The Labute approximate surface area is 146 Å². The molecule has 2 aromatic heterocycles. The minimum absolute atomic E-state index is 0.591. The van der Waals surface area contributed by atoms with Crippen molar-refractivity contribution >= 4 is 28.4 Å². The van der Waals surface area contributed by atoms with Crippen molar-refractivity contribution < 1.29 is 0 Å². The molecular formula is C18H23N7. The molecule has 0 amide bonds. The van der Waals surface area contributed by atoms with E-state index in [0.717, 1.165) is 60.8 Å². The van der Waals surface area contributed by atoms with Crippen LogP contribution < -0.4 is 15.5 Å². The molecular weight excluding hydrogens is 314 g/mol. The summed E-state index contributed by atoms with van der Waals surface area (Å²) in [6.07, 6.45) is 5.92. The third-order valence-electron chi connectivity index (χ3n) is 4.69. The second-order valence-electron chi connectivity index (χ2n) is 6.37. The van der Waals surface area contributed by atoms with Gasteiger partial charge in [0.25, 0.3) is 0 Å². The van der Waals surface area contributed by atoms with Crippen molar-refractivity contribution in [3.05, 3.63) is 36.7 Å². The van der Waals surface area contributed by atoms with Crippen LogP contribution in [0.1, 0.15) is 19.8 Å². The van der Waals surface area contributed by atoms with Crippen molar-refractivity contribution in [2.24, 2.45) is 0 Å². The fraction of sp³-hybridized carbons (Fsp3) is 0.389. The number of aromatic amines is 1. The Morgan fingerprint density at radius 2 is 2.24 bits per heavy atom. The van der Waals surface area contributed by atoms with Crippen LogP contribution in [0.4, 0.5) is 17.5 Å². The summed E-state index contributed by atoms with van der Waals surface area (Å²) in [7, 11) is 0. The Bertz CT molecular complexity index is 844. The van der Waals surface area contributed by atoms with E-state index >= 15 is 0 Å². The zero-order valence-corrected chi connectivity index (χ0v) is 14.4. The first kappa shape index (κ1) is 15.8. The van der Waals surface area contributed by atoms with Gasteiger partial charge < -0.3 is 15.5 Å². The van der Waals surface area contributed by atoms with Crippen LogP contribution in [0.15, 0.2) is 36.7 Å². The highest BCUT2D eigenvalue weighted by atomic mass is 15.3. The van der Waals surface area contributed by atoms with Crippen molar-refractivity contribution in [3.8, 4) is 0 Å². The first-order valence-corrected chi connectivity index (χ1v) is 8.83. The zero-order valence-electron chi connectivity index (χ0n) is 14.4. The van der Waals surface area contributed by atoms with Crippen LogP contribution >= 0.6 is 0 Å². The average Bonchev–Trinajstić information content (AvgIpc) is 2.97. The SMILES string of the molecule is CCC1CCN(c2nccc(Nc3ccc4[nH]ncc4c3)n2)CCN1. The van der Waals surface area contributed by atoms with Crippen LogP contribution in [0.2, 0.25) is 0 Å². The van der Waals surface area contributed by atoms with Gasteiger partial charge in [0.05, 0.1) is 11.7 Å². The molecule has 4 rings (SSSR count). The highest BCUT2D eigenvalue weighted by molar-refractivity contribution is 5.82. The largest absolute Gasteiger partial charge is 0.340 e. The number of H-pyrrole nitrogens is 1. The minimum atomic E-state index is 0.591. The maximum absolute atomic E-state index is 4.70. The van der Waals surface area contributed by atoms with Gasteiger partial charge in [-0.05, 0) is 37.1 Å². The first-order valence-electron chi connectivity index (χ1n) is 8.83. The van der Waals surface area contributed by atoms with E-state index in [2.05, 4.69) is 43.7 Å². The van der Waals surface area contributed by atoms with E-state index in [0.29, 0.717) is 6.04 Å². The second-order valence-corrected chi connectivity index (χ2v) is 6.37. The fourth-order valence-corrected chi connectivity index (χ4v) is 3.22. The number of hydrogen-bond donors (Lipinski definition) is 3. The number of hydrogen-bond acceptors (Lipinski definition) is 6. The summed E-state index contributed by atoms with van der Waals surface area (Å²) in [5.41, 5.74) is 2.01. The number of nitrogens with one attached hydrogen (secondary N) is 3. The van der Waals surface area contributed by atoms with E-state index in [1.165, 1.54) is 0 Å². The summed E-state index contributed by atoms with van der Waals surface area (Å²) in [4.78, 5) is 11.4. The zero-order chi connectivity index (χ0) is 17.1. The van der Waals surface area contributed by atoms with Crippen molar-refractivity contribution in [3.63, 3.8) is 0 Å². The molecule has 130 valence electrons. The Morgan fingerprint density at radius 1 is 1.28 bits per heavy atom. The molecule has 7 nitrogen and oxygen atoms in total. The smallest absolute Gasteiger partial charge is 0.227 e. The summed E-state index contributed by atoms with van der Waals surface area (Å²) < 4.78 is 0. The Kier molecular flexibility index (Phi) is 4.47. The third kappa shape index (κ3) is 3.56. The maximum atomic E-state index is 4.70. The molecule has 1 atom stereocenters. The van der Waals surface area contributed by atoms with Crippen LogP contribution in [-0.2, 0) is 0 Å². The lowest BCUT2D eigenvalue weighted by molar-refractivity contribution is 0.509. The number of benzene rings is 1. The van der Waals surface area contributed by atoms with Crippen molar-refractivity contribution in [2.75, 3.05) is 29.9 Å². The molecule has 1 aliphatic rings. The summed E-state index contributed by atoms with van der Waals surface area (Å²) in [6, 6.07) is 8.58. The number of fused-ring (bicyclic) bond motifs is 1. The van der Waals surface area contributed by atoms with Gasteiger partial charge in [-0.1, -0.05) is 6.92 Å². The molecule has 1 unspecified atom stereocenters. The summed E-state index contributed by atoms with van der Waals surface area (Å²) in [6.45, 7) is 5.11. The van der Waals surface area contributed by atoms with Gasteiger partial charge in [-0.15, -0.1) is 0 Å². The van der Waals surface area contributed by atoms with Gasteiger partial charge >= 0.3 is 0 Å². The quantitative estimate of drug-likeness (QED) is 0.679. The van der Waals surface area contributed by atoms with Gasteiger partial charge in [0.1, 0.15) is 5.82 Å². The summed E-state index contributed by atoms with van der Waals surface area (Å²) >= 11 is 0. The number of nitrogens with zero attached hydrogens (tertiary/aromatic N) is 4. The minimum Gasteiger partial charge on any atom is -0.340 e. The van der Waals surface area contributed by atoms with Crippen LogP contribution in [0.25, 0.3) is 10.9 Å². The lowest BCUT2D eigenvalue weighted by Crippen LogP contribution is -2.30. The van der Waals surface area contributed by atoms with Gasteiger partial charge in [0, 0.05) is 42.9 Å². The van der Waals surface area contributed by atoms with Crippen LogP contribution in [-0.4, -0.2) is 45.8 Å². The van der Waals surface area contributed by atoms with Crippen molar-refractivity contribution in [1.82, 2.24) is 25.5 Å². The standard InChI is InChI=1S/C18H23N7/c1-2-14-6-9-25(10-8-19-14)18-20-7-5-17(23-18)22-15-3-4-16-13(11-15)12-21-24-16/h3-5,7,11-12,14,19H,2,6,8-10H2,1H3,(H,21,24)(H,20,22,23). The molecule has 1 fully saturated rings. The van der Waals surface area contributed by atoms with Gasteiger partial charge in [0.2, 0.25) is 5.95 Å². The highest BCUT2D eigenvalue weighted by Gasteiger charge is 2.17. The molecule has 25 heavy (non-hydrogen) atoms. The van der Waals surface area contributed by atoms with Crippen LogP contribution in [0.3, 0.4) is 0 Å². The van der Waals surface area contributed by atoms with Gasteiger partial charge in [0.15, 0.2) is 0 Å². The molecule has 3 heterocycles. The molecule has 0 saturated carbocycles. The van der Waals surface area contributed by atoms with Gasteiger partial charge in [-0.3, -0.25) is 5.10 Å². The molecule has 1 aromatic carbocycles. The number of rotatable bonds is 4. The summed E-state index contributed by atoms with van der Waals surface area (Å²) in [5.74, 6) is 1.59. The topological polar surface area (TPSA) is 81.8 Å². The monoisotopic (exact) mass is 337 g/mol. The summed E-state index contributed by atoms with van der Waals surface area (Å²) in [5, 5.41) is 15.0. The van der Waals surface area contributed by atoms with Gasteiger partial charge in [-0.25, -0.2) is 4.98 Å². The fourth-order valence-electron chi connectivity index (χ4n) is 3.22. The van der Waals surface area contributed by atoms with Crippen molar-refractivity contribution in [2.45, 2.75) is 25.8 Å². The predicted molar refractivity (Wildman–Crippen MR) is 100 cm³/mol. The van der Waals surface area contributed by atoms with Crippen LogP contribution in [0, 0.1) is 0 Å². The molecule has 7 heteroatoms.